The molecule has 0 radical (unpaired) electrons. The van der Waals surface area contributed by atoms with E-state index in [2.05, 4.69) is 20.6 Å². The van der Waals surface area contributed by atoms with Crippen molar-refractivity contribution in [1.29, 1.82) is 0 Å². The second-order valence-electron chi connectivity index (χ2n) is 4.85. The molecule has 1 aromatic rings. The molecule has 0 aromatic carbocycles. The number of nitrogens with zero attached hydrogens (tertiary/aromatic N) is 2. The zero-order chi connectivity index (χ0) is 13.8. The van der Waals surface area contributed by atoms with Gasteiger partial charge in [-0.15, -0.1) is 0 Å². The Labute approximate surface area is 107 Å². The van der Waals surface area contributed by atoms with Crippen LogP contribution in [-0.2, 0) is 4.79 Å². The third-order valence-corrected chi connectivity index (χ3v) is 2.57. The number of amides is 1. The molecule has 0 bridgehead atoms. The maximum absolute atomic E-state index is 11.2. The molecule has 1 amide bonds. The number of hydrogen-bond acceptors (Lipinski definition) is 5. The third-order valence-electron chi connectivity index (χ3n) is 2.57. The van der Waals surface area contributed by atoms with Crippen molar-refractivity contribution in [2.24, 2.45) is 11.1 Å². The molecule has 0 aliphatic carbocycles. The number of nitrogens with one attached hydrogen (secondary N) is 2. The van der Waals surface area contributed by atoms with E-state index in [1.807, 2.05) is 19.9 Å². The Kier molecular flexibility index (Phi) is 4.47. The van der Waals surface area contributed by atoms with Gasteiger partial charge in [0.2, 0.25) is 11.9 Å². The Bertz CT molecular complexity index is 430. The van der Waals surface area contributed by atoms with E-state index in [0.29, 0.717) is 18.3 Å². The van der Waals surface area contributed by atoms with Gasteiger partial charge in [0.05, 0.1) is 5.41 Å². The van der Waals surface area contributed by atoms with Crippen LogP contribution in [0.25, 0.3) is 0 Å². The van der Waals surface area contributed by atoms with Gasteiger partial charge in [-0.3, -0.25) is 4.79 Å². The molecular formula is C12H21N5O. The Morgan fingerprint density at radius 1 is 1.39 bits per heavy atom. The largest absolute Gasteiger partial charge is 0.369 e. The molecule has 0 fully saturated rings. The van der Waals surface area contributed by atoms with E-state index in [4.69, 9.17) is 5.73 Å². The number of carbonyl (C=O) groups is 1. The SMILES string of the molecule is CCNc1nc(C)cc(NCC(C)(C)C(N)=O)n1. The van der Waals surface area contributed by atoms with Crippen LogP contribution in [0.3, 0.4) is 0 Å². The molecule has 6 nitrogen and oxygen atoms in total. The fourth-order valence-corrected chi connectivity index (χ4v) is 1.29. The lowest BCUT2D eigenvalue weighted by Crippen LogP contribution is -2.37. The fourth-order valence-electron chi connectivity index (χ4n) is 1.29. The molecule has 6 heteroatoms. The smallest absolute Gasteiger partial charge is 0.224 e. The van der Waals surface area contributed by atoms with Gasteiger partial charge in [0.15, 0.2) is 0 Å². The van der Waals surface area contributed by atoms with Crippen LogP contribution in [0.4, 0.5) is 11.8 Å². The highest BCUT2D eigenvalue weighted by Crippen LogP contribution is 2.16. The van der Waals surface area contributed by atoms with Crippen molar-refractivity contribution < 1.29 is 4.79 Å². The van der Waals surface area contributed by atoms with Crippen LogP contribution in [0.2, 0.25) is 0 Å². The van der Waals surface area contributed by atoms with Gasteiger partial charge >= 0.3 is 0 Å². The highest BCUT2D eigenvalue weighted by Gasteiger charge is 2.24. The summed E-state index contributed by atoms with van der Waals surface area (Å²) in [5.74, 6) is 0.928. The van der Waals surface area contributed by atoms with Crippen molar-refractivity contribution >= 4 is 17.7 Å². The van der Waals surface area contributed by atoms with Crippen molar-refractivity contribution in [3.05, 3.63) is 11.8 Å². The summed E-state index contributed by atoms with van der Waals surface area (Å²) in [5.41, 5.74) is 5.57. The molecule has 0 atom stereocenters. The molecule has 0 aliphatic rings. The van der Waals surface area contributed by atoms with Crippen LogP contribution in [0, 0.1) is 12.3 Å². The Morgan fingerprint density at radius 3 is 2.61 bits per heavy atom. The highest BCUT2D eigenvalue weighted by atomic mass is 16.1. The standard InChI is InChI=1S/C12H21N5O/c1-5-14-11-16-8(2)6-9(17-11)15-7-12(3,4)10(13)18/h6H,5,7H2,1-4H3,(H2,13,18)(H2,14,15,16,17). The third kappa shape index (κ3) is 3.87. The topological polar surface area (TPSA) is 92.9 Å². The summed E-state index contributed by atoms with van der Waals surface area (Å²) in [4.78, 5) is 19.8. The van der Waals surface area contributed by atoms with Gasteiger partial charge in [-0.05, 0) is 27.7 Å². The monoisotopic (exact) mass is 251 g/mol. The van der Waals surface area contributed by atoms with Crippen LogP contribution in [0.15, 0.2) is 6.07 Å². The molecule has 0 saturated heterocycles. The van der Waals surface area contributed by atoms with Gasteiger partial charge in [-0.1, -0.05) is 0 Å². The zero-order valence-electron chi connectivity index (χ0n) is 11.4. The molecule has 1 rings (SSSR count). The van der Waals surface area contributed by atoms with E-state index in [1.54, 1.807) is 13.8 Å². The number of anilines is 2. The predicted octanol–water partition coefficient (Wildman–Crippen LogP) is 1.14. The quantitative estimate of drug-likeness (QED) is 0.705. The molecule has 1 aromatic heterocycles. The number of carbonyl (C=O) groups excluding carboxylic acids is 1. The normalized spacial score (nSPS) is 11.1. The van der Waals surface area contributed by atoms with Crippen molar-refractivity contribution in [3.8, 4) is 0 Å². The second-order valence-corrected chi connectivity index (χ2v) is 4.85. The van der Waals surface area contributed by atoms with E-state index in [0.717, 1.165) is 12.2 Å². The molecule has 0 aliphatic heterocycles. The maximum Gasteiger partial charge on any atom is 0.224 e. The Balaban J connectivity index is 2.76. The first kappa shape index (κ1) is 14.2. The van der Waals surface area contributed by atoms with Crippen LogP contribution in [0.1, 0.15) is 26.5 Å². The minimum atomic E-state index is -0.614. The van der Waals surface area contributed by atoms with Gasteiger partial charge in [0.25, 0.3) is 0 Å². The first-order valence-electron chi connectivity index (χ1n) is 5.98. The van der Waals surface area contributed by atoms with Crippen molar-refractivity contribution in [2.45, 2.75) is 27.7 Å². The Hall–Kier alpha value is -1.85. The summed E-state index contributed by atoms with van der Waals surface area (Å²) in [6.07, 6.45) is 0. The second kappa shape index (κ2) is 5.66. The number of aromatic nitrogens is 2. The molecular weight excluding hydrogens is 230 g/mol. The maximum atomic E-state index is 11.2. The van der Waals surface area contributed by atoms with Crippen LogP contribution in [-0.4, -0.2) is 29.0 Å². The molecule has 1 heterocycles. The molecule has 100 valence electrons. The van der Waals surface area contributed by atoms with Crippen molar-refractivity contribution in [1.82, 2.24) is 9.97 Å². The number of rotatable bonds is 6. The summed E-state index contributed by atoms with van der Waals surface area (Å²) in [7, 11) is 0. The van der Waals surface area contributed by atoms with Crippen LogP contribution < -0.4 is 16.4 Å². The average Bonchev–Trinajstić information content (AvgIpc) is 2.26. The van der Waals surface area contributed by atoms with Gasteiger partial charge in [-0.25, -0.2) is 4.98 Å². The zero-order valence-corrected chi connectivity index (χ0v) is 11.4. The number of hydrogen-bond donors (Lipinski definition) is 3. The van der Waals surface area contributed by atoms with Gasteiger partial charge in [-0.2, -0.15) is 4.98 Å². The summed E-state index contributed by atoms with van der Waals surface area (Å²) in [6, 6.07) is 1.83. The van der Waals surface area contributed by atoms with E-state index >= 15 is 0 Å². The predicted molar refractivity (Wildman–Crippen MR) is 72.4 cm³/mol. The first-order valence-corrected chi connectivity index (χ1v) is 5.98. The molecule has 0 spiro atoms. The molecule has 18 heavy (non-hydrogen) atoms. The lowest BCUT2D eigenvalue weighted by molar-refractivity contribution is -0.125. The first-order chi connectivity index (χ1) is 8.35. The fraction of sp³-hybridized carbons (Fsp3) is 0.583. The lowest BCUT2D eigenvalue weighted by atomic mass is 9.93. The van der Waals surface area contributed by atoms with Gasteiger partial charge in [0.1, 0.15) is 5.82 Å². The van der Waals surface area contributed by atoms with Crippen molar-refractivity contribution in [3.63, 3.8) is 0 Å². The highest BCUT2D eigenvalue weighted by molar-refractivity contribution is 5.80. The summed E-state index contributed by atoms with van der Waals surface area (Å²) < 4.78 is 0. The average molecular weight is 251 g/mol. The minimum absolute atomic E-state index is 0.340. The molecule has 0 unspecified atom stereocenters. The Morgan fingerprint density at radius 2 is 2.06 bits per heavy atom. The van der Waals surface area contributed by atoms with Gasteiger partial charge in [0, 0.05) is 24.8 Å². The molecule has 4 N–H and O–H groups in total. The number of aryl methyl sites for hydroxylation is 1. The summed E-state index contributed by atoms with van der Waals surface area (Å²) in [6.45, 7) is 8.66. The minimum Gasteiger partial charge on any atom is -0.369 e. The van der Waals surface area contributed by atoms with Crippen LogP contribution in [0.5, 0.6) is 0 Å². The van der Waals surface area contributed by atoms with E-state index in [1.165, 1.54) is 0 Å². The van der Waals surface area contributed by atoms with E-state index in [-0.39, 0.29) is 5.91 Å². The van der Waals surface area contributed by atoms with Crippen LogP contribution >= 0.6 is 0 Å². The van der Waals surface area contributed by atoms with Gasteiger partial charge < -0.3 is 16.4 Å². The van der Waals surface area contributed by atoms with Crippen molar-refractivity contribution in [2.75, 3.05) is 23.7 Å². The summed E-state index contributed by atoms with van der Waals surface area (Å²) in [5, 5.41) is 6.17. The number of primary amides is 1. The van der Waals surface area contributed by atoms with E-state index in [9.17, 15) is 4.79 Å². The van der Waals surface area contributed by atoms with E-state index < -0.39 is 5.41 Å². The number of nitrogens with two attached hydrogens (primary N) is 1. The molecule has 0 saturated carbocycles. The lowest BCUT2D eigenvalue weighted by Gasteiger charge is -2.21. The summed E-state index contributed by atoms with van der Waals surface area (Å²) >= 11 is 0.